The van der Waals surface area contributed by atoms with Gasteiger partial charge in [-0.3, -0.25) is 4.68 Å². The quantitative estimate of drug-likeness (QED) is 0.825. The Hall–Kier alpha value is -0.830. The van der Waals surface area contributed by atoms with Crippen LogP contribution in [0.2, 0.25) is 0 Å². The zero-order valence-electron chi connectivity index (χ0n) is 13.7. The highest BCUT2D eigenvalue weighted by Gasteiger charge is 2.25. The molecule has 1 aliphatic rings. The average molecular weight is 277 g/mol. The molecule has 1 fully saturated rings. The molecule has 1 aromatic rings. The van der Waals surface area contributed by atoms with Gasteiger partial charge in [0, 0.05) is 11.7 Å². The molecule has 0 radical (unpaired) electrons. The number of nitrogens with zero attached hydrogens (tertiary/aromatic N) is 2. The normalized spacial score (nSPS) is 17.8. The SMILES string of the molecule is CCCNC(Cn1nc(C)c(CC)c1C)C1CCCC1. The van der Waals surface area contributed by atoms with Gasteiger partial charge in [-0.1, -0.05) is 26.7 Å². The molecule has 0 aromatic carbocycles. The van der Waals surface area contributed by atoms with E-state index >= 15 is 0 Å². The molecular formula is C17H31N3. The molecule has 3 heteroatoms. The summed E-state index contributed by atoms with van der Waals surface area (Å²) in [4.78, 5) is 0. The summed E-state index contributed by atoms with van der Waals surface area (Å²) >= 11 is 0. The molecule has 3 nitrogen and oxygen atoms in total. The Kier molecular flexibility index (Phi) is 5.64. The van der Waals surface area contributed by atoms with Gasteiger partial charge < -0.3 is 5.32 Å². The lowest BCUT2D eigenvalue weighted by Gasteiger charge is -2.25. The first-order chi connectivity index (χ1) is 9.67. The zero-order chi connectivity index (χ0) is 14.5. The van der Waals surface area contributed by atoms with Crippen molar-refractivity contribution in [1.29, 1.82) is 0 Å². The molecule has 0 saturated heterocycles. The van der Waals surface area contributed by atoms with E-state index in [4.69, 9.17) is 5.10 Å². The molecule has 1 N–H and O–H groups in total. The topological polar surface area (TPSA) is 29.9 Å². The minimum Gasteiger partial charge on any atom is -0.312 e. The fourth-order valence-corrected chi connectivity index (χ4v) is 3.68. The van der Waals surface area contributed by atoms with Crippen molar-refractivity contribution >= 4 is 0 Å². The highest BCUT2D eigenvalue weighted by molar-refractivity contribution is 5.24. The number of aromatic nitrogens is 2. The summed E-state index contributed by atoms with van der Waals surface area (Å²) in [5.74, 6) is 0.843. The Morgan fingerprint density at radius 1 is 1.25 bits per heavy atom. The number of nitrogens with one attached hydrogen (secondary N) is 1. The van der Waals surface area contributed by atoms with Crippen LogP contribution in [0.1, 0.15) is 62.9 Å². The van der Waals surface area contributed by atoms with Crippen LogP contribution in [0, 0.1) is 19.8 Å². The van der Waals surface area contributed by atoms with E-state index in [1.165, 1.54) is 49.1 Å². The van der Waals surface area contributed by atoms with Gasteiger partial charge in [0.2, 0.25) is 0 Å². The van der Waals surface area contributed by atoms with Gasteiger partial charge in [-0.05, 0) is 57.6 Å². The second-order valence-electron chi connectivity index (χ2n) is 6.29. The second-order valence-corrected chi connectivity index (χ2v) is 6.29. The van der Waals surface area contributed by atoms with Crippen LogP contribution in [0.3, 0.4) is 0 Å². The summed E-state index contributed by atoms with van der Waals surface area (Å²) < 4.78 is 2.25. The van der Waals surface area contributed by atoms with Crippen LogP contribution in [0.15, 0.2) is 0 Å². The summed E-state index contributed by atoms with van der Waals surface area (Å²) in [6.45, 7) is 11.0. The molecule has 0 aliphatic heterocycles. The number of rotatable bonds is 7. The lowest BCUT2D eigenvalue weighted by Crippen LogP contribution is -2.39. The number of hydrogen-bond acceptors (Lipinski definition) is 2. The van der Waals surface area contributed by atoms with Crippen LogP contribution in [0.5, 0.6) is 0 Å². The van der Waals surface area contributed by atoms with E-state index < -0.39 is 0 Å². The molecule has 1 saturated carbocycles. The first kappa shape index (κ1) is 15.6. The predicted octanol–water partition coefficient (Wildman–Crippen LogP) is 3.62. The van der Waals surface area contributed by atoms with Gasteiger partial charge >= 0.3 is 0 Å². The van der Waals surface area contributed by atoms with E-state index in [-0.39, 0.29) is 0 Å². The van der Waals surface area contributed by atoms with Crippen LogP contribution < -0.4 is 5.32 Å². The zero-order valence-corrected chi connectivity index (χ0v) is 13.7. The molecular weight excluding hydrogens is 246 g/mol. The van der Waals surface area contributed by atoms with Crippen molar-refractivity contribution in [3.63, 3.8) is 0 Å². The van der Waals surface area contributed by atoms with Gasteiger partial charge in [0.1, 0.15) is 0 Å². The first-order valence-electron chi connectivity index (χ1n) is 8.43. The molecule has 0 bridgehead atoms. The lowest BCUT2D eigenvalue weighted by molar-refractivity contribution is 0.310. The van der Waals surface area contributed by atoms with Crippen molar-refractivity contribution in [2.45, 2.75) is 78.8 Å². The minimum absolute atomic E-state index is 0.597. The van der Waals surface area contributed by atoms with Crippen molar-refractivity contribution in [3.8, 4) is 0 Å². The maximum absolute atomic E-state index is 4.78. The van der Waals surface area contributed by atoms with E-state index in [9.17, 15) is 0 Å². The third kappa shape index (κ3) is 3.43. The maximum Gasteiger partial charge on any atom is 0.0628 e. The third-order valence-electron chi connectivity index (χ3n) is 4.88. The molecule has 114 valence electrons. The van der Waals surface area contributed by atoms with Gasteiger partial charge in [-0.25, -0.2) is 0 Å². The first-order valence-corrected chi connectivity index (χ1v) is 8.43. The molecule has 0 spiro atoms. The van der Waals surface area contributed by atoms with Crippen LogP contribution in [-0.4, -0.2) is 22.4 Å². The Balaban J connectivity index is 2.10. The van der Waals surface area contributed by atoms with Crippen molar-refractivity contribution in [3.05, 3.63) is 17.0 Å². The highest BCUT2D eigenvalue weighted by atomic mass is 15.3. The molecule has 0 amide bonds. The van der Waals surface area contributed by atoms with Crippen LogP contribution >= 0.6 is 0 Å². The summed E-state index contributed by atoms with van der Waals surface area (Å²) in [6.07, 6.45) is 7.90. The molecule has 1 heterocycles. The average Bonchev–Trinajstić information content (AvgIpc) is 3.04. The van der Waals surface area contributed by atoms with Gasteiger partial charge in [-0.15, -0.1) is 0 Å². The third-order valence-corrected chi connectivity index (χ3v) is 4.88. The van der Waals surface area contributed by atoms with E-state index in [0.717, 1.165) is 25.4 Å². The van der Waals surface area contributed by atoms with Crippen LogP contribution in [0.25, 0.3) is 0 Å². The largest absolute Gasteiger partial charge is 0.312 e. The van der Waals surface area contributed by atoms with Crippen molar-refractivity contribution in [2.24, 2.45) is 5.92 Å². The number of hydrogen-bond donors (Lipinski definition) is 1. The van der Waals surface area contributed by atoms with Crippen molar-refractivity contribution in [2.75, 3.05) is 6.54 Å². The van der Waals surface area contributed by atoms with E-state index in [2.05, 4.69) is 37.7 Å². The van der Waals surface area contributed by atoms with E-state index in [0.29, 0.717) is 6.04 Å². The Labute approximate surface area is 124 Å². The maximum atomic E-state index is 4.78. The van der Waals surface area contributed by atoms with Gasteiger partial charge in [0.05, 0.1) is 12.2 Å². The predicted molar refractivity (Wildman–Crippen MR) is 85.1 cm³/mol. The second kappa shape index (κ2) is 7.26. The van der Waals surface area contributed by atoms with E-state index in [1.54, 1.807) is 0 Å². The van der Waals surface area contributed by atoms with Gasteiger partial charge in [-0.2, -0.15) is 5.10 Å². The summed E-state index contributed by atoms with van der Waals surface area (Å²) in [7, 11) is 0. The summed E-state index contributed by atoms with van der Waals surface area (Å²) in [5, 5.41) is 8.55. The molecule has 1 aromatic heterocycles. The standard InChI is InChI=1S/C17H31N3/c1-5-11-18-17(15-9-7-8-10-15)12-20-14(4)16(6-2)13(3)19-20/h15,17-18H,5-12H2,1-4H3. The fourth-order valence-electron chi connectivity index (χ4n) is 3.68. The van der Waals surface area contributed by atoms with Crippen LogP contribution in [-0.2, 0) is 13.0 Å². The fraction of sp³-hybridized carbons (Fsp3) is 0.824. The smallest absolute Gasteiger partial charge is 0.0628 e. The molecule has 1 atom stereocenters. The Bertz CT molecular complexity index is 416. The molecule has 1 unspecified atom stereocenters. The van der Waals surface area contributed by atoms with Crippen LogP contribution in [0.4, 0.5) is 0 Å². The summed E-state index contributed by atoms with van der Waals surface area (Å²) in [6, 6.07) is 0.597. The van der Waals surface area contributed by atoms with Crippen molar-refractivity contribution in [1.82, 2.24) is 15.1 Å². The Morgan fingerprint density at radius 2 is 1.95 bits per heavy atom. The molecule has 2 rings (SSSR count). The minimum atomic E-state index is 0.597. The lowest BCUT2D eigenvalue weighted by atomic mass is 9.98. The molecule has 20 heavy (non-hydrogen) atoms. The monoisotopic (exact) mass is 277 g/mol. The highest BCUT2D eigenvalue weighted by Crippen LogP contribution is 2.29. The summed E-state index contributed by atoms with van der Waals surface area (Å²) in [5.41, 5.74) is 4.02. The number of aryl methyl sites for hydroxylation is 1. The molecule has 1 aliphatic carbocycles. The Morgan fingerprint density at radius 3 is 2.50 bits per heavy atom. The van der Waals surface area contributed by atoms with E-state index in [1.807, 2.05) is 0 Å². The van der Waals surface area contributed by atoms with Gasteiger partial charge in [0.15, 0.2) is 0 Å². The van der Waals surface area contributed by atoms with Crippen molar-refractivity contribution < 1.29 is 0 Å². The van der Waals surface area contributed by atoms with Gasteiger partial charge in [0.25, 0.3) is 0 Å².